The molecule has 20 heavy (non-hydrogen) atoms. The monoisotopic (exact) mass is 274 g/mol. The van der Waals surface area contributed by atoms with Crippen LogP contribution in [0.15, 0.2) is 54.6 Å². The van der Waals surface area contributed by atoms with Gasteiger partial charge in [0.1, 0.15) is 12.7 Å². The lowest BCUT2D eigenvalue weighted by molar-refractivity contribution is -0.126. The summed E-state index contributed by atoms with van der Waals surface area (Å²) >= 11 is 0. The lowest BCUT2D eigenvalue weighted by atomic mass is 10.2. The van der Waals surface area contributed by atoms with Gasteiger partial charge in [-0.05, 0) is 25.1 Å². The fraction of sp³-hybridized carbons (Fsp3) is 0.312. The van der Waals surface area contributed by atoms with Gasteiger partial charge < -0.3 is 14.2 Å². The number of carbonyl (C=O) groups is 1. The first-order valence-corrected chi connectivity index (χ1v) is 6.58. The van der Waals surface area contributed by atoms with Crippen molar-refractivity contribution in [2.24, 2.45) is 0 Å². The largest absolute Gasteiger partial charge is 0.459 e. The maximum absolute atomic E-state index is 11.8. The summed E-state index contributed by atoms with van der Waals surface area (Å²) in [5.74, 6) is -0.359. The first-order valence-electron chi connectivity index (χ1n) is 6.58. The third kappa shape index (κ3) is 3.56. The van der Waals surface area contributed by atoms with Crippen molar-refractivity contribution < 1.29 is 19.0 Å². The van der Waals surface area contributed by atoms with Crippen LogP contribution in [0, 0.1) is 0 Å². The molecular weight excluding hydrogens is 256 g/mol. The average molecular weight is 274 g/mol. The van der Waals surface area contributed by atoms with Crippen molar-refractivity contribution >= 4 is 5.97 Å². The molecule has 1 aliphatic rings. The molecule has 4 nitrogen and oxygen atoms in total. The van der Waals surface area contributed by atoms with Gasteiger partial charge >= 0.3 is 5.97 Å². The van der Waals surface area contributed by atoms with Crippen LogP contribution < -0.4 is 0 Å². The second kappa shape index (κ2) is 7.03. The molecule has 0 bridgehead atoms. The first kappa shape index (κ1) is 14.5. The van der Waals surface area contributed by atoms with Gasteiger partial charge in [0, 0.05) is 12.2 Å². The van der Waals surface area contributed by atoms with E-state index in [1.54, 1.807) is 30.3 Å². The van der Waals surface area contributed by atoms with E-state index in [0.29, 0.717) is 12.2 Å². The Bertz CT molecular complexity index is 492. The van der Waals surface area contributed by atoms with Gasteiger partial charge in [0.25, 0.3) is 0 Å². The van der Waals surface area contributed by atoms with Crippen molar-refractivity contribution in [3.8, 4) is 0 Å². The first-order chi connectivity index (χ1) is 9.74. The fourth-order valence-corrected chi connectivity index (χ4v) is 1.92. The van der Waals surface area contributed by atoms with Gasteiger partial charge in [-0.3, -0.25) is 0 Å². The predicted molar refractivity (Wildman–Crippen MR) is 75.3 cm³/mol. The van der Waals surface area contributed by atoms with Crippen LogP contribution in [0.4, 0.5) is 0 Å². The van der Waals surface area contributed by atoms with Crippen molar-refractivity contribution in [3.63, 3.8) is 0 Å². The molecule has 2 rings (SSSR count). The summed E-state index contributed by atoms with van der Waals surface area (Å²) in [5, 5.41) is 0. The molecule has 1 aliphatic heterocycles. The van der Waals surface area contributed by atoms with Gasteiger partial charge in [-0.25, -0.2) is 4.79 Å². The zero-order valence-electron chi connectivity index (χ0n) is 11.5. The SMILES string of the molecule is C=CC1=C[C@@H](COC(=O)c2ccccc2)O[C@H]1OCC. The minimum Gasteiger partial charge on any atom is -0.459 e. The third-order valence-electron chi connectivity index (χ3n) is 2.89. The van der Waals surface area contributed by atoms with Gasteiger partial charge in [-0.1, -0.05) is 30.9 Å². The molecule has 2 atom stereocenters. The van der Waals surface area contributed by atoms with E-state index in [9.17, 15) is 4.79 Å². The molecule has 0 aromatic heterocycles. The lowest BCUT2D eigenvalue weighted by Gasteiger charge is -2.15. The third-order valence-corrected chi connectivity index (χ3v) is 2.89. The highest BCUT2D eigenvalue weighted by Gasteiger charge is 2.26. The maximum Gasteiger partial charge on any atom is 0.338 e. The second-order valence-corrected chi connectivity index (χ2v) is 4.30. The smallest absolute Gasteiger partial charge is 0.338 e. The summed E-state index contributed by atoms with van der Waals surface area (Å²) in [6.07, 6.45) is 2.84. The Labute approximate surface area is 118 Å². The molecule has 0 fully saturated rings. The molecule has 1 heterocycles. The fourth-order valence-electron chi connectivity index (χ4n) is 1.92. The molecule has 106 valence electrons. The van der Waals surface area contributed by atoms with Crippen LogP contribution in [0.1, 0.15) is 17.3 Å². The summed E-state index contributed by atoms with van der Waals surface area (Å²) in [6, 6.07) is 8.87. The van der Waals surface area contributed by atoms with Gasteiger partial charge in [0.05, 0.1) is 5.56 Å². The van der Waals surface area contributed by atoms with Crippen molar-refractivity contribution in [2.45, 2.75) is 19.3 Å². The van der Waals surface area contributed by atoms with Crippen molar-refractivity contribution in [3.05, 3.63) is 60.2 Å². The van der Waals surface area contributed by atoms with Gasteiger partial charge in [-0.2, -0.15) is 0 Å². The molecule has 0 spiro atoms. The van der Waals surface area contributed by atoms with E-state index >= 15 is 0 Å². The summed E-state index contributed by atoms with van der Waals surface area (Å²) in [4.78, 5) is 11.8. The van der Waals surface area contributed by atoms with E-state index in [1.165, 1.54) is 0 Å². The molecule has 0 amide bonds. The van der Waals surface area contributed by atoms with Crippen LogP contribution in [0.2, 0.25) is 0 Å². The molecule has 0 radical (unpaired) electrons. The number of carbonyl (C=O) groups excluding carboxylic acids is 1. The van der Waals surface area contributed by atoms with Crippen LogP contribution in [-0.4, -0.2) is 31.6 Å². The van der Waals surface area contributed by atoms with Crippen LogP contribution in [-0.2, 0) is 14.2 Å². The molecule has 0 saturated carbocycles. The van der Waals surface area contributed by atoms with Crippen molar-refractivity contribution in [1.29, 1.82) is 0 Å². The Balaban J connectivity index is 1.88. The van der Waals surface area contributed by atoms with Crippen LogP contribution in [0.25, 0.3) is 0 Å². The summed E-state index contributed by atoms with van der Waals surface area (Å²) in [7, 11) is 0. The highest BCUT2D eigenvalue weighted by molar-refractivity contribution is 5.89. The van der Waals surface area contributed by atoms with Gasteiger partial charge in [0.15, 0.2) is 6.29 Å². The van der Waals surface area contributed by atoms with E-state index in [-0.39, 0.29) is 18.7 Å². The minimum atomic E-state index is -0.419. The zero-order chi connectivity index (χ0) is 14.4. The Morgan fingerprint density at radius 3 is 2.80 bits per heavy atom. The molecule has 0 saturated heterocycles. The highest BCUT2D eigenvalue weighted by Crippen LogP contribution is 2.22. The Morgan fingerprint density at radius 1 is 1.40 bits per heavy atom. The number of rotatable bonds is 6. The Hall–Kier alpha value is -1.91. The standard InChI is InChI=1S/C16H18O4/c1-3-12-10-14(20-16(12)18-4-2)11-19-15(17)13-8-6-5-7-9-13/h3,5-10,14,16H,1,4,11H2,2H3/t14-,16+/m0/s1. The quantitative estimate of drug-likeness (QED) is 0.748. The number of hydrogen-bond acceptors (Lipinski definition) is 4. The normalized spacial score (nSPS) is 21.4. The number of esters is 1. The number of ether oxygens (including phenoxy) is 3. The van der Waals surface area contributed by atoms with E-state index in [0.717, 1.165) is 5.57 Å². The Morgan fingerprint density at radius 2 is 2.15 bits per heavy atom. The van der Waals surface area contributed by atoms with Crippen LogP contribution in [0.3, 0.4) is 0 Å². The van der Waals surface area contributed by atoms with Crippen LogP contribution in [0.5, 0.6) is 0 Å². The van der Waals surface area contributed by atoms with Crippen LogP contribution >= 0.6 is 0 Å². The maximum atomic E-state index is 11.8. The molecule has 0 aliphatic carbocycles. The van der Waals surface area contributed by atoms with E-state index in [2.05, 4.69) is 6.58 Å². The molecule has 4 heteroatoms. The Kier molecular flexibility index (Phi) is 5.09. The zero-order valence-corrected chi connectivity index (χ0v) is 11.5. The summed E-state index contributed by atoms with van der Waals surface area (Å²) in [5.41, 5.74) is 1.40. The van der Waals surface area contributed by atoms with E-state index in [4.69, 9.17) is 14.2 Å². The van der Waals surface area contributed by atoms with E-state index < -0.39 is 6.29 Å². The predicted octanol–water partition coefficient (Wildman–Crippen LogP) is 2.72. The molecule has 0 N–H and O–H groups in total. The second-order valence-electron chi connectivity index (χ2n) is 4.30. The number of hydrogen-bond donors (Lipinski definition) is 0. The van der Waals surface area contributed by atoms with Gasteiger partial charge in [-0.15, -0.1) is 0 Å². The topological polar surface area (TPSA) is 44.8 Å². The van der Waals surface area contributed by atoms with E-state index in [1.807, 2.05) is 19.1 Å². The summed E-state index contributed by atoms with van der Waals surface area (Å²) in [6.45, 7) is 6.32. The number of benzene rings is 1. The van der Waals surface area contributed by atoms with Gasteiger partial charge in [0.2, 0.25) is 0 Å². The molecule has 1 aromatic rings. The highest BCUT2D eigenvalue weighted by atomic mass is 16.7. The molecule has 0 unspecified atom stereocenters. The molecular formula is C16H18O4. The molecule has 1 aromatic carbocycles. The van der Waals surface area contributed by atoms with Crippen molar-refractivity contribution in [2.75, 3.05) is 13.2 Å². The van der Waals surface area contributed by atoms with Crippen molar-refractivity contribution in [1.82, 2.24) is 0 Å². The lowest BCUT2D eigenvalue weighted by Crippen LogP contribution is -2.22. The minimum absolute atomic E-state index is 0.161. The average Bonchev–Trinajstić information content (AvgIpc) is 2.88. The summed E-state index contributed by atoms with van der Waals surface area (Å²) < 4.78 is 16.3.